The SMILES string of the molecule is O=C1c2ccccc2C(=O)N1Cc1ncnn1-c1ccc(F)cc1. The summed E-state index contributed by atoms with van der Waals surface area (Å²) in [5.74, 6) is -0.662. The van der Waals surface area contributed by atoms with Gasteiger partial charge in [0, 0.05) is 0 Å². The molecule has 0 fully saturated rings. The quantitative estimate of drug-likeness (QED) is 0.693. The van der Waals surface area contributed by atoms with Crippen molar-refractivity contribution in [1.29, 1.82) is 0 Å². The number of rotatable bonds is 3. The first-order chi connectivity index (χ1) is 11.6. The number of fused-ring (bicyclic) bond motifs is 1. The van der Waals surface area contributed by atoms with Crippen molar-refractivity contribution in [3.8, 4) is 5.69 Å². The molecular weight excluding hydrogens is 311 g/mol. The van der Waals surface area contributed by atoms with Gasteiger partial charge in [-0.3, -0.25) is 14.5 Å². The second kappa shape index (κ2) is 5.38. The molecule has 1 aromatic heterocycles. The number of imide groups is 1. The maximum Gasteiger partial charge on any atom is 0.261 e. The summed E-state index contributed by atoms with van der Waals surface area (Å²) < 4.78 is 14.5. The summed E-state index contributed by atoms with van der Waals surface area (Å²) in [5.41, 5.74) is 1.37. The molecule has 2 amide bonds. The van der Waals surface area contributed by atoms with Gasteiger partial charge in [0.2, 0.25) is 0 Å². The van der Waals surface area contributed by atoms with Crippen LogP contribution in [-0.4, -0.2) is 31.5 Å². The zero-order valence-electron chi connectivity index (χ0n) is 12.4. The fourth-order valence-electron chi connectivity index (χ4n) is 2.70. The molecule has 0 bridgehead atoms. The molecule has 0 N–H and O–H groups in total. The predicted octanol–water partition coefficient (Wildman–Crippen LogP) is 2.20. The zero-order chi connectivity index (χ0) is 16.7. The highest BCUT2D eigenvalue weighted by atomic mass is 19.1. The molecule has 0 saturated carbocycles. The summed E-state index contributed by atoms with van der Waals surface area (Å²) in [5, 5.41) is 4.09. The predicted molar refractivity (Wildman–Crippen MR) is 82.0 cm³/mol. The fraction of sp³-hybridized carbons (Fsp3) is 0.0588. The van der Waals surface area contributed by atoms with E-state index >= 15 is 0 Å². The van der Waals surface area contributed by atoms with E-state index in [1.807, 2.05) is 0 Å². The number of amides is 2. The maximum atomic E-state index is 13.1. The third kappa shape index (κ3) is 2.18. The van der Waals surface area contributed by atoms with Gasteiger partial charge in [-0.25, -0.2) is 14.1 Å². The first-order valence-corrected chi connectivity index (χ1v) is 7.25. The highest BCUT2D eigenvalue weighted by Gasteiger charge is 2.35. The van der Waals surface area contributed by atoms with E-state index < -0.39 is 0 Å². The van der Waals surface area contributed by atoms with E-state index in [2.05, 4.69) is 10.1 Å². The van der Waals surface area contributed by atoms with E-state index in [-0.39, 0.29) is 24.2 Å². The van der Waals surface area contributed by atoms with Crippen molar-refractivity contribution >= 4 is 11.8 Å². The molecule has 0 unspecified atom stereocenters. The molecule has 7 heteroatoms. The largest absolute Gasteiger partial charge is 0.269 e. The Morgan fingerprint density at radius 2 is 1.54 bits per heavy atom. The molecule has 0 atom stereocenters. The average molecular weight is 322 g/mol. The molecular formula is C17H11FN4O2. The van der Waals surface area contributed by atoms with Crippen molar-refractivity contribution < 1.29 is 14.0 Å². The first-order valence-electron chi connectivity index (χ1n) is 7.25. The monoisotopic (exact) mass is 322 g/mol. The van der Waals surface area contributed by atoms with Crippen LogP contribution in [0.15, 0.2) is 54.9 Å². The molecule has 6 nitrogen and oxygen atoms in total. The lowest BCUT2D eigenvalue weighted by molar-refractivity contribution is 0.0637. The Balaban J connectivity index is 1.66. The van der Waals surface area contributed by atoms with Gasteiger partial charge in [0.1, 0.15) is 12.1 Å². The highest BCUT2D eigenvalue weighted by molar-refractivity contribution is 6.21. The number of aromatic nitrogens is 3. The van der Waals surface area contributed by atoms with E-state index in [0.717, 1.165) is 4.90 Å². The van der Waals surface area contributed by atoms with Gasteiger partial charge in [-0.1, -0.05) is 12.1 Å². The average Bonchev–Trinajstić information content (AvgIpc) is 3.15. The number of nitrogens with zero attached hydrogens (tertiary/aromatic N) is 4. The summed E-state index contributed by atoms with van der Waals surface area (Å²) in [6.45, 7) is -0.0102. The van der Waals surface area contributed by atoms with Crippen molar-refractivity contribution in [1.82, 2.24) is 19.7 Å². The normalized spacial score (nSPS) is 13.5. The Kier molecular flexibility index (Phi) is 3.19. The number of halogens is 1. The Hall–Kier alpha value is -3.35. The molecule has 1 aliphatic rings. The third-order valence-electron chi connectivity index (χ3n) is 3.87. The van der Waals surface area contributed by atoms with Crippen LogP contribution in [0.2, 0.25) is 0 Å². The van der Waals surface area contributed by atoms with Gasteiger partial charge in [-0.05, 0) is 36.4 Å². The summed E-state index contributed by atoms with van der Waals surface area (Å²) in [4.78, 5) is 30.1. The minimum absolute atomic E-state index is 0.0102. The second-order valence-electron chi connectivity index (χ2n) is 5.31. The fourth-order valence-corrected chi connectivity index (χ4v) is 2.70. The van der Waals surface area contributed by atoms with Gasteiger partial charge in [0.05, 0.1) is 23.4 Å². The Morgan fingerprint density at radius 1 is 0.917 bits per heavy atom. The summed E-state index contributed by atoms with van der Waals surface area (Å²) >= 11 is 0. The van der Waals surface area contributed by atoms with Crippen LogP contribution in [0.5, 0.6) is 0 Å². The number of benzene rings is 2. The van der Waals surface area contributed by atoms with Crippen molar-refractivity contribution in [3.05, 3.63) is 77.6 Å². The summed E-state index contributed by atoms with van der Waals surface area (Å²) in [7, 11) is 0. The lowest BCUT2D eigenvalue weighted by atomic mass is 10.1. The van der Waals surface area contributed by atoms with E-state index in [1.54, 1.807) is 36.4 Å². The van der Waals surface area contributed by atoms with Gasteiger partial charge in [0.25, 0.3) is 11.8 Å². The standard InChI is InChI=1S/C17H11FN4O2/c18-11-5-7-12(8-6-11)22-15(19-10-20-22)9-21-16(23)13-3-1-2-4-14(13)17(21)24/h1-8,10H,9H2. The molecule has 0 saturated heterocycles. The minimum Gasteiger partial charge on any atom is -0.269 e. The van der Waals surface area contributed by atoms with E-state index in [0.29, 0.717) is 22.6 Å². The molecule has 0 spiro atoms. The lowest BCUT2D eigenvalue weighted by Crippen LogP contribution is -2.30. The second-order valence-corrected chi connectivity index (χ2v) is 5.31. The van der Waals surface area contributed by atoms with Gasteiger partial charge in [0.15, 0.2) is 5.82 Å². The van der Waals surface area contributed by atoms with Gasteiger partial charge in [-0.2, -0.15) is 5.10 Å². The molecule has 1 aliphatic heterocycles. The zero-order valence-corrected chi connectivity index (χ0v) is 12.4. The van der Waals surface area contributed by atoms with E-state index in [1.165, 1.54) is 23.1 Å². The summed E-state index contributed by atoms with van der Waals surface area (Å²) in [6, 6.07) is 12.4. The van der Waals surface area contributed by atoms with Gasteiger partial charge in [-0.15, -0.1) is 0 Å². The molecule has 2 aromatic carbocycles. The molecule has 0 aliphatic carbocycles. The number of carbonyl (C=O) groups excluding carboxylic acids is 2. The van der Waals surface area contributed by atoms with Crippen molar-refractivity contribution in [2.75, 3.05) is 0 Å². The Labute approximate surface area is 136 Å². The topological polar surface area (TPSA) is 68.1 Å². The lowest BCUT2D eigenvalue weighted by Gasteiger charge is -2.14. The number of carbonyl (C=O) groups is 2. The third-order valence-corrected chi connectivity index (χ3v) is 3.87. The molecule has 2 heterocycles. The van der Waals surface area contributed by atoms with Crippen LogP contribution in [-0.2, 0) is 6.54 Å². The molecule has 4 rings (SSSR count). The number of hydrogen-bond donors (Lipinski definition) is 0. The van der Waals surface area contributed by atoms with Gasteiger partial charge < -0.3 is 0 Å². The van der Waals surface area contributed by atoms with E-state index in [9.17, 15) is 14.0 Å². The smallest absolute Gasteiger partial charge is 0.261 e. The van der Waals surface area contributed by atoms with Crippen molar-refractivity contribution in [2.24, 2.45) is 0 Å². The van der Waals surface area contributed by atoms with Crippen molar-refractivity contribution in [3.63, 3.8) is 0 Å². The van der Waals surface area contributed by atoms with Crippen LogP contribution in [0.3, 0.4) is 0 Å². The van der Waals surface area contributed by atoms with Crippen LogP contribution in [0.4, 0.5) is 4.39 Å². The highest BCUT2D eigenvalue weighted by Crippen LogP contribution is 2.24. The van der Waals surface area contributed by atoms with Crippen LogP contribution in [0, 0.1) is 5.82 Å². The first kappa shape index (κ1) is 14.3. The Morgan fingerprint density at radius 3 is 2.17 bits per heavy atom. The molecule has 118 valence electrons. The van der Waals surface area contributed by atoms with Crippen molar-refractivity contribution in [2.45, 2.75) is 6.54 Å². The van der Waals surface area contributed by atoms with Gasteiger partial charge >= 0.3 is 0 Å². The van der Waals surface area contributed by atoms with Crippen LogP contribution in [0.1, 0.15) is 26.5 Å². The minimum atomic E-state index is -0.360. The molecule has 3 aromatic rings. The Bertz CT molecular complexity index is 914. The van der Waals surface area contributed by atoms with Crippen LogP contribution >= 0.6 is 0 Å². The maximum absolute atomic E-state index is 13.1. The molecule has 24 heavy (non-hydrogen) atoms. The summed E-state index contributed by atoms with van der Waals surface area (Å²) in [6.07, 6.45) is 1.33. The van der Waals surface area contributed by atoms with Crippen LogP contribution < -0.4 is 0 Å². The van der Waals surface area contributed by atoms with E-state index in [4.69, 9.17) is 0 Å². The van der Waals surface area contributed by atoms with Crippen LogP contribution in [0.25, 0.3) is 5.69 Å². The number of hydrogen-bond acceptors (Lipinski definition) is 4. The molecule has 0 radical (unpaired) electrons.